The first-order valence-corrected chi connectivity index (χ1v) is 4.94. The van der Waals surface area contributed by atoms with Gasteiger partial charge in [0.1, 0.15) is 5.82 Å². The largest absolute Gasteiger partial charge is 0.325 e. The quantitative estimate of drug-likeness (QED) is 0.779. The predicted molar refractivity (Wildman–Crippen MR) is 57.8 cm³/mol. The highest BCUT2D eigenvalue weighted by atomic mass is 14.9. The molecule has 1 aromatic heterocycles. The molecule has 0 spiro atoms. The molecular formula is C11H19N3. The van der Waals surface area contributed by atoms with Gasteiger partial charge in [0.05, 0.1) is 5.69 Å². The Morgan fingerprint density at radius 2 is 1.93 bits per heavy atom. The van der Waals surface area contributed by atoms with Gasteiger partial charge in [-0.2, -0.15) is 0 Å². The summed E-state index contributed by atoms with van der Waals surface area (Å²) in [5, 5.41) is 0. The van der Waals surface area contributed by atoms with Crippen LogP contribution in [0.15, 0.2) is 6.07 Å². The Morgan fingerprint density at radius 1 is 1.29 bits per heavy atom. The van der Waals surface area contributed by atoms with Gasteiger partial charge in [0.25, 0.3) is 0 Å². The predicted octanol–water partition coefficient (Wildman–Crippen LogP) is 1.83. The van der Waals surface area contributed by atoms with Gasteiger partial charge in [0.2, 0.25) is 0 Å². The lowest BCUT2D eigenvalue weighted by atomic mass is 9.92. The molecular weight excluding hydrogens is 174 g/mol. The Morgan fingerprint density at radius 3 is 2.43 bits per heavy atom. The minimum Gasteiger partial charge on any atom is -0.325 e. The third-order valence-corrected chi connectivity index (χ3v) is 1.85. The number of hydrogen-bond acceptors (Lipinski definition) is 3. The van der Waals surface area contributed by atoms with Gasteiger partial charge < -0.3 is 5.73 Å². The molecule has 0 saturated heterocycles. The molecule has 0 fully saturated rings. The smallest absolute Gasteiger partial charge is 0.129 e. The molecule has 1 rings (SSSR count). The summed E-state index contributed by atoms with van der Waals surface area (Å²) in [6, 6.07) is 1.94. The summed E-state index contributed by atoms with van der Waals surface area (Å²) in [4.78, 5) is 8.80. The highest BCUT2D eigenvalue weighted by Crippen LogP contribution is 2.18. The first kappa shape index (κ1) is 11.1. The average Bonchev–Trinajstić information content (AvgIpc) is 1.99. The second kappa shape index (κ2) is 4.05. The zero-order valence-corrected chi connectivity index (χ0v) is 9.46. The molecule has 0 bridgehead atoms. The normalized spacial score (nSPS) is 11.8. The van der Waals surface area contributed by atoms with E-state index in [4.69, 9.17) is 5.73 Å². The van der Waals surface area contributed by atoms with Gasteiger partial charge >= 0.3 is 0 Å². The SMILES string of the molecule is Cc1cc(CN)nc(CC(C)(C)C)n1. The van der Waals surface area contributed by atoms with Crippen molar-refractivity contribution in [2.24, 2.45) is 11.1 Å². The lowest BCUT2D eigenvalue weighted by molar-refractivity contribution is 0.399. The minimum atomic E-state index is 0.222. The van der Waals surface area contributed by atoms with Crippen molar-refractivity contribution < 1.29 is 0 Å². The van der Waals surface area contributed by atoms with Gasteiger partial charge in [-0.3, -0.25) is 0 Å². The minimum absolute atomic E-state index is 0.222. The third-order valence-electron chi connectivity index (χ3n) is 1.85. The van der Waals surface area contributed by atoms with Gasteiger partial charge in [-0.05, 0) is 18.4 Å². The Kier molecular flexibility index (Phi) is 3.21. The average molecular weight is 193 g/mol. The van der Waals surface area contributed by atoms with Crippen LogP contribution in [0.5, 0.6) is 0 Å². The number of nitrogens with zero attached hydrogens (tertiary/aromatic N) is 2. The van der Waals surface area contributed by atoms with Gasteiger partial charge in [0.15, 0.2) is 0 Å². The number of hydrogen-bond donors (Lipinski definition) is 1. The topological polar surface area (TPSA) is 51.8 Å². The monoisotopic (exact) mass is 193 g/mol. The lowest BCUT2D eigenvalue weighted by Gasteiger charge is -2.17. The maximum Gasteiger partial charge on any atom is 0.129 e. The molecule has 0 unspecified atom stereocenters. The van der Waals surface area contributed by atoms with E-state index in [-0.39, 0.29) is 5.41 Å². The van der Waals surface area contributed by atoms with E-state index in [1.807, 2.05) is 13.0 Å². The molecule has 78 valence electrons. The molecule has 0 saturated carbocycles. The van der Waals surface area contributed by atoms with Crippen molar-refractivity contribution in [2.45, 2.75) is 40.7 Å². The fourth-order valence-electron chi connectivity index (χ4n) is 1.36. The summed E-state index contributed by atoms with van der Waals surface area (Å²) in [7, 11) is 0. The van der Waals surface area contributed by atoms with Crippen molar-refractivity contribution in [3.63, 3.8) is 0 Å². The second-order valence-electron chi connectivity index (χ2n) is 4.86. The maximum absolute atomic E-state index is 5.56. The van der Waals surface area contributed by atoms with Crippen LogP contribution in [0, 0.1) is 12.3 Å². The van der Waals surface area contributed by atoms with Crippen LogP contribution in [0.2, 0.25) is 0 Å². The van der Waals surface area contributed by atoms with Crippen LogP contribution in [0.4, 0.5) is 0 Å². The van der Waals surface area contributed by atoms with Crippen LogP contribution in [0.1, 0.15) is 38.0 Å². The Hall–Kier alpha value is -0.960. The first-order chi connectivity index (χ1) is 6.40. The summed E-state index contributed by atoms with van der Waals surface area (Å²) in [5.41, 5.74) is 7.71. The van der Waals surface area contributed by atoms with Gasteiger partial charge in [0, 0.05) is 18.7 Å². The molecule has 2 N–H and O–H groups in total. The third kappa shape index (κ3) is 3.42. The van der Waals surface area contributed by atoms with Gasteiger partial charge in [-0.1, -0.05) is 20.8 Å². The van der Waals surface area contributed by atoms with E-state index in [2.05, 4.69) is 30.7 Å². The van der Waals surface area contributed by atoms with Crippen molar-refractivity contribution in [3.8, 4) is 0 Å². The molecule has 3 heteroatoms. The van der Waals surface area contributed by atoms with Crippen LogP contribution >= 0.6 is 0 Å². The standard InChI is InChI=1S/C11H19N3/c1-8-5-9(7-12)14-10(13-8)6-11(2,3)4/h5H,6-7,12H2,1-4H3. The van der Waals surface area contributed by atoms with Crippen LogP contribution in [0.25, 0.3) is 0 Å². The second-order valence-corrected chi connectivity index (χ2v) is 4.86. The number of rotatable bonds is 2. The van der Waals surface area contributed by atoms with E-state index >= 15 is 0 Å². The molecule has 0 aliphatic rings. The summed E-state index contributed by atoms with van der Waals surface area (Å²) in [5.74, 6) is 0.901. The van der Waals surface area contributed by atoms with Crippen LogP contribution in [-0.2, 0) is 13.0 Å². The highest BCUT2D eigenvalue weighted by molar-refractivity contribution is 5.10. The number of aryl methyl sites for hydroxylation is 1. The van der Waals surface area contributed by atoms with Gasteiger partial charge in [-0.25, -0.2) is 9.97 Å². The fraction of sp³-hybridized carbons (Fsp3) is 0.636. The first-order valence-electron chi connectivity index (χ1n) is 4.94. The molecule has 3 nitrogen and oxygen atoms in total. The van der Waals surface area contributed by atoms with Crippen LogP contribution < -0.4 is 5.73 Å². The van der Waals surface area contributed by atoms with Crippen molar-refractivity contribution >= 4 is 0 Å². The van der Waals surface area contributed by atoms with E-state index in [1.165, 1.54) is 0 Å². The molecule has 0 aromatic carbocycles. The highest BCUT2D eigenvalue weighted by Gasteiger charge is 2.13. The van der Waals surface area contributed by atoms with E-state index in [0.717, 1.165) is 23.6 Å². The molecule has 0 radical (unpaired) electrons. The van der Waals surface area contributed by atoms with Crippen LogP contribution in [-0.4, -0.2) is 9.97 Å². The molecule has 1 heterocycles. The van der Waals surface area contributed by atoms with E-state index in [9.17, 15) is 0 Å². The van der Waals surface area contributed by atoms with E-state index in [0.29, 0.717) is 6.54 Å². The van der Waals surface area contributed by atoms with E-state index < -0.39 is 0 Å². The lowest BCUT2D eigenvalue weighted by Crippen LogP contribution is -2.14. The Balaban J connectivity index is 2.92. The van der Waals surface area contributed by atoms with Gasteiger partial charge in [-0.15, -0.1) is 0 Å². The maximum atomic E-state index is 5.56. The van der Waals surface area contributed by atoms with Crippen molar-refractivity contribution in [1.82, 2.24) is 9.97 Å². The molecule has 1 aromatic rings. The summed E-state index contributed by atoms with van der Waals surface area (Å²) >= 11 is 0. The summed E-state index contributed by atoms with van der Waals surface area (Å²) in [6.07, 6.45) is 0.891. The Bertz CT molecular complexity index is 313. The summed E-state index contributed by atoms with van der Waals surface area (Å²) in [6.45, 7) is 9.01. The van der Waals surface area contributed by atoms with Crippen molar-refractivity contribution in [2.75, 3.05) is 0 Å². The molecule has 0 atom stereocenters. The summed E-state index contributed by atoms with van der Waals surface area (Å²) < 4.78 is 0. The molecule has 0 amide bonds. The van der Waals surface area contributed by atoms with E-state index in [1.54, 1.807) is 0 Å². The van der Waals surface area contributed by atoms with Crippen molar-refractivity contribution in [3.05, 3.63) is 23.3 Å². The number of aromatic nitrogens is 2. The molecule has 14 heavy (non-hydrogen) atoms. The molecule has 0 aliphatic carbocycles. The van der Waals surface area contributed by atoms with Crippen LogP contribution in [0.3, 0.4) is 0 Å². The number of nitrogens with two attached hydrogens (primary N) is 1. The zero-order chi connectivity index (χ0) is 10.8. The zero-order valence-electron chi connectivity index (χ0n) is 9.46. The Labute approximate surface area is 85.8 Å². The fourth-order valence-corrected chi connectivity index (χ4v) is 1.36. The van der Waals surface area contributed by atoms with Crippen molar-refractivity contribution in [1.29, 1.82) is 0 Å². The molecule has 0 aliphatic heterocycles.